The number of esters is 1. The van der Waals surface area contributed by atoms with Gasteiger partial charge in [-0.1, -0.05) is 30.3 Å². The second kappa shape index (κ2) is 11.3. The maximum atomic E-state index is 12.6. The molecule has 1 aliphatic heterocycles. The molecule has 1 aromatic heterocycles. The van der Waals surface area contributed by atoms with E-state index >= 15 is 0 Å². The Labute approximate surface area is 214 Å². The lowest BCUT2D eigenvalue weighted by molar-refractivity contribution is -0.141. The van der Waals surface area contributed by atoms with E-state index < -0.39 is 12.0 Å². The van der Waals surface area contributed by atoms with Crippen molar-refractivity contribution in [3.8, 4) is 11.5 Å². The Morgan fingerprint density at radius 1 is 1.17 bits per heavy atom. The molecule has 1 saturated heterocycles. The highest BCUT2D eigenvalue weighted by Crippen LogP contribution is 2.36. The van der Waals surface area contributed by atoms with E-state index in [0.29, 0.717) is 64.7 Å². The first-order valence-corrected chi connectivity index (χ1v) is 11.8. The molecule has 3 aromatic rings. The minimum atomic E-state index is -0.843. The van der Waals surface area contributed by atoms with Crippen molar-refractivity contribution < 1.29 is 23.8 Å². The van der Waals surface area contributed by atoms with Crippen LogP contribution in [0.1, 0.15) is 24.4 Å². The number of carbonyl (C=O) groups is 2. The molecule has 0 radical (unpaired) electrons. The molecule has 188 valence electrons. The third kappa shape index (κ3) is 5.52. The Morgan fingerprint density at radius 2 is 1.94 bits per heavy atom. The summed E-state index contributed by atoms with van der Waals surface area (Å²) in [6.45, 7) is 4.72. The van der Waals surface area contributed by atoms with Crippen molar-refractivity contribution in [1.29, 1.82) is 0 Å². The van der Waals surface area contributed by atoms with Crippen LogP contribution in [0.15, 0.2) is 55.4 Å². The van der Waals surface area contributed by atoms with Crippen LogP contribution in [-0.2, 0) is 14.3 Å². The van der Waals surface area contributed by atoms with Crippen molar-refractivity contribution in [3.63, 3.8) is 0 Å². The lowest BCUT2D eigenvalue weighted by Crippen LogP contribution is -2.41. The Bertz CT molecular complexity index is 1280. The van der Waals surface area contributed by atoms with E-state index in [0.717, 1.165) is 0 Å². The fraction of sp³-hybridized carbons (Fsp3) is 0.308. The molecule has 2 aromatic carbocycles. The van der Waals surface area contributed by atoms with Gasteiger partial charge in [-0.15, -0.1) is 0 Å². The number of rotatable bonds is 8. The molecule has 1 amide bonds. The molecule has 1 unspecified atom stereocenters. The summed E-state index contributed by atoms with van der Waals surface area (Å²) in [5.41, 5.74) is 1.24. The zero-order valence-corrected chi connectivity index (χ0v) is 20.8. The zero-order chi connectivity index (χ0) is 25.7. The van der Waals surface area contributed by atoms with Gasteiger partial charge in [-0.25, -0.2) is 14.8 Å². The number of methoxy groups -OCH3 is 2. The third-order valence-corrected chi connectivity index (χ3v) is 6.28. The van der Waals surface area contributed by atoms with Crippen LogP contribution >= 0.6 is 11.6 Å². The average Bonchev–Trinajstić information content (AvgIpc) is 2.91. The van der Waals surface area contributed by atoms with Gasteiger partial charge < -0.3 is 24.4 Å². The number of carbonyl (C=O) groups excluding carboxylic acids is 2. The van der Waals surface area contributed by atoms with Crippen LogP contribution in [0.2, 0.25) is 5.02 Å². The van der Waals surface area contributed by atoms with E-state index in [1.165, 1.54) is 19.5 Å². The molecule has 9 nitrogen and oxygen atoms in total. The van der Waals surface area contributed by atoms with Gasteiger partial charge in [-0.2, -0.15) is 0 Å². The summed E-state index contributed by atoms with van der Waals surface area (Å²) < 4.78 is 16.9. The van der Waals surface area contributed by atoms with Crippen LogP contribution in [0.25, 0.3) is 10.9 Å². The van der Waals surface area contributed by atoms with E-state index in [1.807, 2.05) is 0 Å². The first-order chi connectivity index (χ1) is 17.4. The minimum absolute atomic E-state index is 0.0792. The van der Waals surface area contributed by atoms with Gasteiger partial charge >= 0.3 is 5.97 Å². The molecule has 10 heteroatoms. The Hall–Kier alpha value is -3.85. The van der Waals surface area contributed by atoms with Crippen molar-refractivity contribution in [2.24, 2.45) is 0 Å². The van der Waals surface area contributed by atoms with Crippen LogP contribution < -0.4 is 14.8 Å². The lowest BCUT2D eigenvalue weighted by atomic mass is 10.1. The van der Waals surface area contributed by atoms with Gasteiger partial charge in [0.15, 0.2) is 17.5 Å². The Morgan fingerprint density at radius 3 is 2.61 bits per heavy atom. The quantitative estimate of drug-likeness (QED) is 0.356. The van der Waals surface area contributed by atoms with Gasteiger partial charge in [0.1, 0.15) is 18.2 Å². The summed E-state index contributed by atoms with van der Waals surface area (Å²) in [6, 6.07) is 9.69. The number of piperidine rings is 1. The summed E-state index contributed by atoms with van der Waals surface area (Å²) >= 11 is 6.15. The molecule has 2 heterocycles. The third-order valence-electron chi connectivity index (χ3n) is 6.04. The number of aromatic nitrogens is 2. The monoisotopic (exact) mass is 510 g/mol. The summed E-state index contributed by atoms with van der Waals surface area (Å²) in [6.07, 6.45) is 3.99. The van der Waals surface area contributed by atoms with Crippen LogP contribution in [0.5, 0.6) is 11.5 Å². The highest BCUT2D eigenvalue weighted by Gasteiger charge is 2.26. The highest BCUT2D eigenvalue weighted by molar-refractivity contribution is 6.30. The summed E-state index contributed by atoms with van der Waals surface area (Å²) in [4.78, 5) is 35.0. The molecule has 36 heavy (non-hydrogen) atoms. The fourth-order valence-corrected chi connectivity index (χ4v) is 4.35. The van der Waals surface area contributed by atoms with Gasteiger partial charge in [0.25, 0.3) is 0 Å². The summed E-state index contributed by atoms with van der Waals surface area (Å²) in [5, 5.41) is 4.31. The summed E-state index contributed by atoms with van der Waals surface area (Å²) in [5.74, 6) is 0.901. The molecule has 4 rings (SSSR count). The number of nitrogens with zero attached hydrogens (tertiary/aromatic N) is 3. The normalized spacial score (nSPS) is 14.7. The smallest absolute Gasteiger partial charge is 0.333 e. The molecule has 1 aliphatic rings. The topological polar surface area (TPSA) is 103 Å². The first kappa shape index (κ1) is 25.2. The number of likely N-dealkylation sites (tertiary alicyclic amines) is 1. The van der Waals surface area contributed by atoms with Crippen molar-refractivity contribution in [2.75, 3.05) is 32.6 Å². The number of benzene rings is 2. The number of fused-ring (bicyclic) bond motifs is 1. The number of anilines is 1. The number of hydrogen-bond acceptors (Lipinski definition) is 8. The van der Waals surface area contributed by atoms with E-state index in [1.54, 1.807) is 48.4 Å². The largest absolute Gasteiger partial charge is 0.493 e. The lowest BCUT2D eigenvalue weighted by Gasteiger charge is -2.31. The standard InChI is InChI=1S/C26H27ClN4O5/c1-4-23(32)31-10-8-18(9-11-31)36-22-13-19-20(14-21(22)34-2)28-15-29-25(19)30-24(26(33)35-3)16-6-5-7-17(27)12-16/h4-7,12-15,18,24H,1,8-11H2,2-3H3,(H,28,29,30). The van der Waals surface area contributed by atoms with E-state index in [9.17, 15) is 9.59 Å². The van der Waals surface area contributed by atoms with Crippen molar-refractivity contribution in [2.45, 2.75) is 25.0 Å². The average molecular weight is 511 g/mol. The molecule has 1 N–H and O–H groups in total. The van der Waals surface area contributed by atoms with Gasteiger partial charge in [0, 0.05) is 42.4 Å². The van der Waals surface area contributed by atoms with Gasteiger partial charge in [-0.05, 0) is 29.8 Å². The second-order valence-corrected chi connectivity index (χ2v) is 8.68. The molecular formula is C26H27ClN4O5. The predicted molar refractivity (Wildman–Crippen MR) is 136 cm³/mol. The van der Waals surface area contributed by atoms with E-state index in [-0.39, 0.29) is 12.0 Å². The van der Waals surface area contributed by atoms with Crippen LogP contribution in [0, 0.1) is 0 Å². The number of nitrogens with one attached hydrogen (secondary N) is 1. The number of halogens is 1. The molecule has 0 aliphatic carbocycles. The van der Waals surface area contributed by atoms with Crippen LogP contribution in [0.4, 0.5) is 5.82 Å². The Balaban J connectivity index is 1.64. The van der Waals surface area contributed by atoms with Crippen LogP contribution in [0.3, 0.4) is 0 Å². The SMILES string of the molecule is C=CC(=O)N1CCC(Oc2cc3c(NC(C(=O)OC)c4cccc(Cl)c4)ncnc3cc2OC)CC1. The molecule has 0 saturated carbocycles. The maximum Gasteiger partial charge on any atom is 0.333 e. The zero-order valence-electron chi connectivity index (χ0n) is 20.1. The Kier molecular flexibility index (Phi) is 7.90. The minimum Gasteiger partial charge on any atom is -0.493 e. The van der Waals surface area contributed by atoms with Gasteiger partial charge in [0.05, 0.1) is 19.7 Å². The first-order valence-electron chi connectivity index (χ1n) is 11.4. The predicted octanol–water partition coefficient (Wildman–Crippen LogP) is 4.17. The van der Waals surface area contributed by atoms with Crippen molar-refractivity contribution in [3.05, 3.63) is 66.0 Å². The molecule has 1 fully saturated rings. The molecule has 0 spiro atoms. The molecular weight excluding hydrogens is 484 g/mol. The maximum absolute atomic E-state index is 12.6. The van der Waals surface area contributed by atoms with Crippen molar-refractivity contribution in [1.82, 2.24) is 14.9 Å². The highest BCUT2D eigenvalue weighted by atomic mass is 35.5. The van der Waals surface area contributed by atoms with Crippen LogP contribution in [-0.4, -0.2) is 60.2 Å². The van der Waals surface area contributed by atoms with Gasteiger partial charge in [0.2, 0.25) is 5.91 Å². The van der Waals surface area contributed by atoms with E-state index in [4.69, 9.17) is 25.8 Å². The number of ether oxygens (including phenoxy) is 3. The molecule has 0 bridgehead atoms. The second-order valence-electron chi connectivity index (χ2n) is 8.24. The van der Waals surface area contributed by atoms with E-state index in [2.05, 4.69) is 21.9 Å². The fourth-order valence-electron chi connectivity index (χ4n) is 4.15. The van der Waals surface area contributed by atoms with Crippen molar-refractivity contribution >= 4 is 40.2 Å². The molecule has 1 atom stereocenters. The number of hydrogen-bond donors (Lipinski definition) is 1. The summed E-state index contributed by atoms with van der Waals surface area (Å²) in [7, 11) is 2.89. The number of amides is 1. The van der Waals surface area contributed by atoms with Gasteiger partial charge in [-0.3, -0.25) is 4.79 Å².